The van der Waals surface area contributed by atoms with Gasteiger partial charge in [-0.2, -0.15) is 0 Å². The highest BCUT2D eigenvalue weighted by Gasteiger charge is 2.14. The number of aryl methyl sites for hydroxylation is 1. The van der Waals surface area contributed by atoms with Crippen LogP contribution in [0.2, 0.25) is 10.0 Å². The van der Waals surface area contributed by atoms with Crippen molar-refractivity contribution >= 4 is 39.1 Å². The van der Waals surface area contributed by atoms with Crippen LogP contribution in [0.3, 0.4) is 0 Å². The lowest BCUT2D eigenvalue weighted by Gasteiger charge is -2.17. The van der Waals surface area contributed by atoms with E-state index in [9.17, 15) is 0 Å². The van der Waals surface area contributed by atoms with E-state index in [1.54, 1.807) is 0 Å². The van der Waals surface area contributed by atoms with Crippen molar-refractivity contribution in [1.29, 1.82) is 0 Å². The zero-order valence-electron chi connectivity index (χ0n) is 11.4. The number of alkyl halides is 1. The number of hydrogen-bond acceptors (Lipinski definition) is 0. The minimum Gasteiger partial charge on any atom is -0.0925 e. The van der Waals surface area contributed by atoms with E-state index in [-0.39, 0.29) is 0 Å². The van der Waals surface area contributed by atoms with Gasteiger partial charge < -0.3 is 0 Å². The molecule has 2 aromatic rings. The molecule has 106 valence electrons. The van der Waals surface area contributed by atoms with Crippen LogP contribution in [0.25, 0.3) is 0 Å². The lowest BCUT2D eigenvalue weighted by molar-refractivity contribution is 0.590. The summed E-state index contributed by atoms with van der Waals surface area (Å²) in [5.41, 5.74) is 3.78. The van der Waals surface area contributed by atoms with E-state index < -0.39 is 0 Å². The highest BCUT2D eigenvalue weighted by atomic mass is 79.9. The molecule has 0 amide bonds. The summed E-state index contributed by atoms with van der Waals surface area (Å²) >= 11 is 16.1. The molecule has 0 saturated heterocycles. The van der Waals surface area contributed by atoms with Crippen molar-refractivity contribution in [1.82, 2.24) is 0 Å². The molecule has 2 rings (SSSR count). The maximum Gasteiger partial charge on any atom is 0.0452 e. The first-order chi connectivity index (χ1) is 9.61. The Bertz CT molecular complexity index is 561. The molecule has 1 atom stereocenters. The van der Waals surface area contributed by atoms with Crippen molar-refractivity contribution < 1.29 is 0 Å². The molecular formula is C17H17BrCl2. The Morgan fingerprint density at radius 3 is 2.20 bits per heavy atom. The molecule has 0 bridgehead atoms. The summed E-state index contributed by atoms with van der Waals surface area (Å²) in [4.78, 5) is 0. The Morgan fingerprint density at radius 2 is 1.60 bits per heavy atom. The second-order valence-corrected chi connectivity index (χ2v) is 6.52. The zero-order valence-corrected chi connectivity index (χ0v) is 14.5. The summed E-state index contributed by atoms with van der Waals surface area (Å²) in [6, 6.07) is 14.2. The summed E-state index contributed by atoms with van der Waals surface area (Å²) < 4.78 is 0. The molecule has 0 aliphatic carbocycles. The van der Waals surface area contributed by atoms with Crippen molar-refractivity contribution in [2.24, 2.45) is 5.92 Å². The first-order valence-corrected chi connectivity index (χ1v) is 8.53. The van der Waals surface area contributed by atoms with Crippen LogP contribution in [0.5, 0.6) is 0 Å². The van der Waals surface area contributed by atoms with Crippen LogP contribution in [0.15, 0.2) is 42.5 Å². The summed E-state index contributed by atoms with van der Waals surface area (Å²) in [5.74, 6) is 0.480. The van der Waals surface area contributed by atoms with E-state index in [2.05, 4.69) is 47.1 Å². The van der Waals surface area contributed by atoms with E-state index in [1.165, 1.54) is 11.1 Å². The van der Waals surface area contributed by atoms with Crippen LogP contribution in [0, 0.1) is 12.8 Å². The standard InChI is InChI=1S/C17H17BrCl2/c1-12-5-2-3-6-14(12)9-13(11-18)10-15-16(19)7-4-8-17(15)20/h2-8,13H,9-11H2,1H3. The lowest BCUT2D eigenvalue weighted by Crippen LogP contribution is -2.11. The third-order valence-corrected chi connectivity index (χ3v) is 5.17. The van der Waals surface area contributed by atoms with Gasteiger partial charge in [-0.25, -0.2) is 0 Å². The van der Waals surface area contributed by atoms with Crippen LogP contribution in [-0.2, 0) is 12.8 Å². The molecule has 0 aliphatic rings. The molecule has 0 aliphatic heterocycles. The molecule has 0 fully saturated rings. The maximum absolute atomic E-state index is 6.27. The Morgan fingerprint density at radius 1 is 0.950 bits per heavy atom. The lowest BCUT2D eigenvalue weighted by atomic mass is 9.92. The summed E-state index contributed by atoms with van der Waals surface area (Å²) in [6.07, 6.45) is 1.91. The average molecular weight is 372 g/mol. The molecule has 1 unspecified atom stereocenters. The van der Waals surface area contributed by atoms with Gasteiger partial charge in [-0.1, -0.05) is 69.5 Å². The van der Waals surface area contributed by atoms with Gasteiger partial charge in [0.25, 0.3) is 0 Å². The third kappa shape index (κ3) is 4.00. The predicted octanol–water partition coefficient (Wildman–Crippen LogP) is 6.10. The minimum absolute atomic E-state index is 0.480. The number of rotatable bonds is 5. The molecule has 20 heavy (non-hydrogen) atoms. The molecule has 0 spiro atoms. The maximum atomic E-state index is 6.27. The van der Waals surface area contributed by atoms with E-state index in [4.69, 9.17) is 23.2 Å². The SMILES string of the molecule is Cc1ccccc1CC(CBr)Cc1c(Cl)cccc1Cl. The zero-order chi connectivity index (χ0) is 14.5. The highest BCUT2D eigenvalue weighted by molar-refractivity contribution is 9.09. The summed E-state index contributed by atoms with van der Waals surface area (Å²) in [6.45, 7) is 2.16. The quantitative estimate of drug-likeness (QED) is 0.557. The van der Waals surface area contributed by atoms with Gasteiger partial charge in [0.05, 0.1) is 0 Å². The van der Waals surface area contributed by atoms with E-state index in [1.807, 2.05) is 18.2 Å². The molecule has 0 saturated carbocycles. The summed E-state index contributed by atoms with van der Waals surface area (Å²) in [5, 5.41) is 2.45. The van der Waals surface area contributed by atoms with E-state index in [0.29, 0.717) is 5.92 Å². The molecule has 2 aromatic carbocycles. The van der Waals surface area contributed by atoms with Crippen molar-refractivity contribution in [2.45, 2.75) is 19.8 Å². The van der Waals surface area contributed by atoms with Gasteiger partial charge in [-0.05, 0) is 54.5 Å². The Hall–Kier alpha value is -0.500. The molecule has 0 radical (unpaired) electrons. The van der Waals surface area contributed by atoms with Gasteiger partial charge in [0, 0.05) is 15.4 Å². The third-order valence-electron chi connectivity index (χ3n) is 3.54. The number of benzene rings is 2. The van der Waals surface area contributed by atoms with Crippen molar-refractivity contribution in [2.75, 3.05) is 5.33 Å². The second-order valence-electron chi connectivity index (χ2n) is 5.06. The van der Waals surface area contributed by atoms with Crippen LogP contribution < -0.4 is 0 Å². The fraction of sp³-hybridized carbons (Fsp3) is 0.294. The molecule has 0 N–H and O–H groups in total. The van der Waals surface area contributed by atoms with Gasteiger partial charge >= 0.3 is 0 Å². The predicted molar refractivity (Wildman–Crippen MR) is 92.3 cm³/mol. The highest BCUT2D eigenvalue weighted by Crippen LogP contribution is 2.29. The minimum atomic E-state index is 0.480. The van der Waals surface area contributed by atoms with Gasteiger partial charge in [-0.15, -0.1) is 0 Å². The number of halogens is 3. The van der Waals surface area contributed by atoms with Crippen LogP contribution >= 0.6 is 39.1 Å². The fourth-order valence-corrected chi connectivity index (χ4v) is 3.36. The molecular weight excluding hydrogens is 355 g/mol. The van der Waals surface area contributed by atoms with Gasteiger partial charge in [-0.3, -0.25) is 0 Å². The normalized spacial score (nSPS) is 12.4. The first-order valence-electron chi connectivity index (χ1n) is 6.65. The smallest absolute Gasteiger partial charge is 0.0452 e. The van der Waals surface area contributed by atoms with Crippen LogP contribution in [-0.4, -0.2) is 5.33 Å². The van der Waals surface area contributed by atoms with Crippen molar-refractivity contribution in [3.63, 3.8) is 0 Å². The van der Waals surface area contributed by atoms with E-state index in [0.717, 1.165) is 33.8 Å². The van der Waals surface area contributed by atoms with Crippen molar-refractivity contribution in [3.05, 3.63) is 69.2 Å². The fourth-order valence-electron chi connectivity index (χ4n) is 2.35. The average Bonchev–Trinajstić information content (AvgIpc) is 2.44. The molecule has 3 heteroatoms. The monoisotopic (exact) mass is 370 g/mol. The van der Waals surface area contributed by atoms with Gasteiger partial charge in [0.2, 0.25) is 0 Å². The Kier molecular flexibility index (Phi) is 5.95. The molecule has 0 aromatic heterocycles. The van der Waals surface area contributed by atoms with Gasteiger partial charge in [0.15, 0.2) is 0 Å². The first kappa shape index (κ1) is 15.9. The van der Waals surface area contributed by atoms with Crippen LogP contribution in [0.4, 0.5) is 0 Å². The Labute approximate surface area is 139 Å². The summed E-state index contributed by atoms with van der Waals surface area (Å²) in [7, 11) is 0. The number of hydrogen-bond donors (Lipinski definition) is 0. The topological polar surface area (TPSA) is 0 Å². The van der Waals surface area contributed by atoms with Gasteiger partial charge in [0.1, 0.15) is 0 Å². The van der Waals surface area contributed by atoms with Crippen molar-refractivity contribution in [3.8, 4) is 0 Å². The largest absolute Gasteiger partial charge is 0.0925 e. The van der Waals surface area contributed by atoms with Crippen LogP contribution in [0.1, 0.15) is 16.7 Å². The molecule has 0 heterocycles. The Balaban J connectivity index is 2.16. The molecule has 0 nitrogen and oxygen atoms in total. The van der Waals surface area contributed by atoms with E-state index >= 15 is 0 Å². The second kappa shape index (κ2) is 7.49.